The zero-order chi connectivity index (χ0) is 26.4. The van der Waals surface area contributed by atoms with Crippen LogP contribution in [0.1, 0.15) is 24.0 Å². The molecule has 0 radical (unpaired) electrons. The molecule has 2 saturated heterocycles. The smallest absolute Gasteiger partial charge is 0.267 e. The molecule has 2 aromatic carbocycles. The Bertz CT molecular complexity index is 1240. The van der Waals surface area contributed by atoms with Gasteiger partial charge in [0.25, 0.3) is 5.91 Å². The summed E-state index contributed by atoms with van der Waals surface area (Å²) in [7, 11) is 0. The number of carbonyl (C=O) groups excluding carboxylic acids is 1. The summed E-state index contributed by atoms with van der Waals surface area (Å²) in [5.74, 6) is 2.23. The van der Waals surface area contributed by atoms with Gasteiger partial charge in [-0.2, -0.15) is 0 Å². The van der Waals surface area contributed by atoms with Crippen molar-refractivity contribution in [2.24, 2.45) is 0 Å². The van der Waals surface area contributed by atoms with E-state index in [4.69, 9.17) is 14.2 Å². The van der Waals surface area contributed by atoms with E-state index >= 15 is 0 Å². The Labute approximate surface area is 230 Å². The predicted octanol–water partition coefficient (Wildman–Crippen LogP) is 3.61. The zero-order valence-corrected chi connectivity index (χ0v) is 22.3. The summed E-state index contributed by atoms with van der Waals surface area (Å²) in [5.41, 5.74) is 2.55. The molecule has 2 fully saturated rings. The number of aromatic nitrogens is 1. The van der Waals surface area contributed by atoms with Gasteiger partial charge in [-0.1, -0.05) is 30.3 Å². The van der Waals surface area contributed by atoms with Gasteiger partial charge in [0.2, 0.25) is 6.10 Å². The lowest BCUT2D eigenvalue weighted by molar-refractivity contribution is -0.143. The minimum atomic E-state index is -0.591. The number of benzene rings is 2. The second kappa shape index (κ2) is 12.1. The van der Waals surface area contributed by atoms with Gasteiger partial charge < -0.3 is 19.1 Å². The number of ether oxygens (including phenoxy) is 3. The third-order valence-corrected chi connectivity index (χ3v) is 7.74. The average molecular weight is 529 g/mol. The highest BCUT2D eigenvalue weighted by atomic mass is 16.6. The van der Waals surface area contributed by atoms with Gasteiger partial charge >= 0.3 is 0 Å². The fraction of sp³-hybridized carbons (Fsp3) is 0.419. The van der Waals surface area contributed by atoms with Gasteiger partial charge in [-0.3, -0.25) is 19.6 Å². The number of likely N-dealkylation sites (tertiary alicyclic amines) is 1. The standard InChI is InChI=1S/C31H36N4O4/c36-31(30-23-37-28-8-1-2-9-29(28)39-30)35-13-10-26(11-14-35)38-27-7-3-5-24(19-27)21-33-15-17-34(18-16-33)22-25-6-4-12-32-20-25/h1-9,12,19-20,26,30H,10-11,13-18,21-23H2. The van der Waals surface area contributed by atoms with Crippen LogP contribution in [0.3, 0.4) is 0 Å². The predicted molar refractivity (Wildman–Crippen MR) is 148 cm³/mol. The molecule has 1 atom stereocenters. The second-order valence-electron chi connectivity index (χ2n) is 10.6. The number of piperazine rings is 1. The number of nitrogens with zero attached hydrogens (tertiary/aromatic N) is 4. The van der Waals surface area contributed by atoms with E-state index in [1.165, 1.54) is 11.1 Å². The third kappa shape index (κ3) is 6.52. The van der Waals surface area contributed by atoms with Gasteiger partial charge in [0, 0.05) is 77.6 Å². The summed E-state index contributed by atoms with van der Waals surface area (Å²) >= 11 is 0. The van der Waals surface area contributed by atoms with E-state index in [1.54, 1.807) is 0 Å². The van der Waals surface area contributed by atoms with E-state index in [2.05, 4.69) is 39.0 Å². The van der Waals surface area contributed by atoms with Crippen molar-refractivity contribution in [2.75, 3.05) is 45.9 Å². The number of amides is 1. The highest BCUT2D eigenvalue weighted by molar-refractivity contribution is 5.82. The summed E-state index contributed by atoms with van der Waals surface area (Å²) < 4.78 is 18.0. The van der Waals surface area contributed by atoms with E-state index < -0.39 is 6.10 Å². The second-order valence-corrected chi connectivity index (χ2v) is 10.6. The lowest BCUT2D eigenvalue weighted by atomic mass is 10.1. The summed E-state index contributed by atoms with van der Waals surface area (Å²) in [6.07, 6.45) is 4.90. The van der Waals surface area contributed by atoms with E-state index in [-0.39, 0.29) is 18.6 Å². The monoisotopic (exact) mass is 528 g/mol. The van der Waals surface area contributed by atoms with Crippen LogP contribution in [0.15, 0.2) is 73.1 Å². The fourth-order valence-corrected chi connectivity index (χ4v) is 5.56. The van der Waals surface area contributed by atoms with Crippen LogP contribution in [0.5, 0.6) is 17.2 Å². The summed E-state index contributed by atoms with van der Waals surface area (Å²) in [5, 5.41) is 0. The number of hydrogen-bond donors (Lipinski definition) is 0. The summed E-state index contributed by atoms with van der Waals surface area (Å²) in [6, 6.07) is 20.1. The molecule has 8 heteroatoms. The molecule has 39 heavy (non-hydrogen) atoms. The Hall–Kier alpha value is -3.62. The van der Waals surface area contributed by atoms with Crippen LogP contribution in [0.2, 0.25) is 0 Å². The first-order valence-corrected chi connectivity index (χ1v) is 14.0. The van der Waals surface area contributed by atoms with Crippen molar-refractivity contribution in [2.45, 2.75) is 38.1 Å². The first-order chi connectivity index (χ1) is 19.2. The van der Waals surface area contributed by atoms with Crippen molar-refractivity contribution in [3.63, 3.8) is 0 Å². The normalized spacial score (nSPS) is 20.5. The number of piperidine rings is 1. The van der Waals surface area contributed by atoms with E-state index in [0.717, 1.165) is 57.9 Å². The Kier molecular flexibility index (Phi) is 7.93. The van der Waals surface area contributed by atoms with Crippen LogP contribution in [0.4, 0.5) is 0 Å². The van der Waals surface area contributed by atoms with Crippen molar-refractivity contribution in [3.05, 3.63) is 84.2 Å². The maximum atomic E-state index is 13.0. The van der Waals surface area contributed by atoms with Crippen molar-refractivity contribution < 1.29 is 19.0 Å². The van der Waals surface area contributed by atoms with Gasteiger partial charge in [-0.05, 0) is 41.5 Å². The van der Waals surface area contributed by atoms with E-state index in [1.807, 2.05) is 53.7 Å². The summed E-state index contributed by atoms with van der Waals surface area (Å²) in [6.45, 7) is 7.70. The first kappa shape index (κ1) is 25.6. The molecule has 6 rings (SSSR count). The van der Waals surface area contributed by atoms with Crippen LogP contribution in [0, 0.1) is 0 Å². The van der Waals surface area contributed by atoms with Crippen LogP contribution in [-0.2, 0) is 17.9 Å². The molecule has 0 N–H and O–H groups in total. The van der Waals surface area contributed by atoms with Gasteiger partial charge in [0.15, 0.2) is 11.5 Å². The van der Waals surface area contributed by atoms with Crippen LogP contribution in [0.25, 0.3) is 0 Å². The zero-order valence-electron chi connectivity index (χ0n) is 22.3. The van der Waals surface area contributed by atoms with Crippen molar-refractivity contribution >= 4 is 5.91 Å². The SMILES string of the molecule is O=C(C1COc2ccccc2O1)N1CCC(Oc2cccc(CN3CCN(Cc4cccnc4)CC3)c2)CC1. The molecule has 3 aliphatic rings. The Morgan fingerprint density at radius 2 is 1.56 bits per heavy atom. The molecule has 3 aromatic rings. The largest absolute Gasteiger partial charge is 0.490 e. The van der Waals surface area contributed by atoms with Crippen molar-refractivity contribution in [3.8, 4) is 17.2 Å². The molecule has 3 aliphatic heterocycles. The molecule has 0 bridgehead atoms. The van der Waals surface area contributed by atoms with E-state index in [0.29, 0.717) is 24.6 Å². The molecule has 1 amide bonds. The topological polar surface area (TPSA) is 67.4 Å². The Morgan fingerprint density at radius 3 is 2.31 bits per heavy atom. The number of para-hydroxylation sites is 2. The molecule has 1 aromatic heterocycles. The third-order valence-electron chi connectivity index (χ3n) is 7.74. The molecular formula is C31H36N4O4. The lowest BCUT2D eigenvalue weighted by Crippen LogP contribution is -2.50. The number of carbonyl (C=O) groups is 1. The molecule has 4 heterocycles. The molecular weight excluding hydrogens is 492 g/mol. The quantitative estimate of drug-likeness (QED) is 0.464. The van der Waals surface area contributed by atoms with Crippen molar-refractivity contribution in [1.29, 1.82) is 0 Å². The van der Waals surface area contributed by atoms with Crippen LogP contribution >= 0.6 is 0 Å². The molecule has 1 unspecified atom stereocenters. The molecule has 0 saturated carbocycles. The summed E-state index contributed by atoms with van der Waals surface area (Å²) in [4.78, 5) is 24.2. The highest BCUT2D eigenvalue weighted by Crippen LogP contribution is 2.31. The molecule has 0 aliphatic carbocycles. The fourth-order valence-electron chi connectivity index (χ4n) is 5.56. The first-order valence-electron chi connectivity index (χ1n) is 14.0. The Morgan fingerprint density at radius 1 is 0.846 bits per heavy atom. The molecule has 8 nitrogen and oxygen atoms in total. The maximum Gasteiger partial charge on any atom is 0.267 e. The number of pyridine rings is 1. The average Bonchev–Trinajstić information content (AvgIpc) is 2.99. The number of fused-ring (bicyclic) bond motifs is 1. The minimum Gasteiger partial charge on any atom is -0.490 e. The minimum absolute atomic E-state index is 0.00881. The molecule has 204 valence electrons. The van der Waals surface area contributed by atoms with Crippen LogP contribution < -0.4 is 14.2 Å². The van der Waals surface area contributed by atoms with E-state index in [9.17, 15) is 4.79 Å². The number of hydrogen-bond acceptors (Lipinski definition) is 7. The Balaban J connectivity index is 0.947. The van der Waals surface area contributed by atoms with Crippen LogP contribution in [-0.4, -0.2) is 83.7 Å². The lowest BCUT2D eigenvalue weighted by Gasteiger charge is -2.35. The highest BCUT2D eigenvalue weighted by Gasteiger charge is 2.33. The maximum absolute atomic E-state index is 13.0. The van der Waals surface area contributed by atoms with Gasteiger partial charge in [0.1, 0.15) is 18.5 Å². The number of rotatable bonds is 7. The molecule has 0 spiro atoms. The van der Waals surface area contributed by atoms with Gasteiger partial charge in [0.05, 0.1) is 0 Å². The van der Waals surface area contributed by atoms with Gasteiger partial charge in [-0.15, -0.1) is 0 Å². The van der Waals surface area contributed by atoms with Gasteiger partial charge in [-0.25, -0.2) is 0 Å². The van der Waals surface area contributed by atoms with Crippen molar-refractivity contribution in [1.82, 2.24) is 19.7 Å².